The highest BCUT2D eigenvalue weighted by Crippen LogP contribution is 2.42. The van der Waals surface area contributed by atoms with Crippen LogP contribution in [-0.2, 0) is 4.74 Å². The van der Waals surface area contributed by atoms with E-state index in [2.05, 4.69) is 15.1 Å². The minimum absolute atomic E-state index is 0.0871. The second-order valence-electron chi connectivity index (χ2n) is 4.72. The van der Waals surface area contributed by atoms with Gasteiger partial charge in [-0.3, -0.25) is 0 Å². The summed E-state index contributed by atoms with van der Waals surface area (Å²) < 4.78 is 10.9. The molecule has 0 N–H and O–H groups in total. The summed E-state index contributed by atoms with van der Waals surface area (Å²) in [5, 5.41) is 12.7. The van der Waals surface area contributed by atoms with Crippen LogP contribution in [0.5, 0.6) is 0 Å². The van der Waals surface area contributed by atoms with Gasteiger partial charge in [-0.2, -0.15) is 10.2 Å². The first-order chi connectivity index (χ1) is 9.81. The van der Waals surface area contributed by atoms with Gasteiger partial charge in [0.05, 0.1) is 5.56 Å². The number of hydrogen-bond donors (Lipinski definition) is 0. The largest absolute Gasteiger partial charge is 0.370 e. The van der Waals surface area contributed by atoms with E-state index >= 15 is 0 Å². The minimum atomic E-state index is -0.0871. The third-order valence-electron chi connectivity index (χ3n) is 3.20. The van der Waals surface area contributed by atoms with E-state index < -0.39 is 0 Å². The monoisotopic (exact) mass is 270 g/mol. The molecule has 0 spiro atoms. The summed E-state index contributed by atoms with van der Waals surface area (Å²) in [5.41, 5.74) is 1.06. The van der Waals surface area contributed by atoms with Gasteiger partial charge in [0.15, 0.2) is 0 Å². The molecule has 20 heavy (non-hydrogen) atoms. The van der Waals surface area contributed by atoms with Gasteiger partial charge in [0.1, 0.15) is 17.9 Å². The van der Waals surface area contributed by atoms with Crippen LogP contribution in [0.25, 0.3) is 11.6 Å². The lowest BCUT2D eigenvalue weighted by atomic mass is 10.2. The second-order valence-corrected chi connectivity index (χ2v) is 4.72. The molecule has 1 saturated carbocycles. The van der Waals surface area contributed by atoms with Crippen molar-refractivity contribution in [2.75, 3.05) is 6.61 Å². The number of pyridine rings is 1. The zero-order chi connectivity index (χ0) is 13.9. The Balaban J connectivity index is 1.83. The Morgan fingerprint density at radius 2 is 2.35 bits per heavy atom. The Kier molecular flexibility index (Phi) is 3.44. The summed E-state index contributed by atoms with van der Waals surface area (Å²) in [6.45, 7) is 2.58. The molecule has 0 saturated heterocycles. The molecule has 0 amide bonds. The van der Waals surface area contributed by atoms with Gasteiger partial charge in [0.2, 0.25) is 5.82 Å². The van der Waals surface area contributed by atoms with Crippen LogP contribution in [0.4, 0.5) is 0 Å². The molecule has 6 heteroatoms. The van der Waals surface area contributed by atoms with Crippen LogP contribution in [-0.4, -0.2) is 21.7 Å². The lowest BCUT2D eigenvalue weighted by Gasteiger charge is -2.10. The van der Waals surface area contributed by atoms with Crippen molar-refractivity contribution in [2.24, 2.45) is 5.92 Å². The van der Waals surface area contributed by atoms with E-state index in [1.165, 1.54) is 6.20 Å². The van der Waals surface area contributed by atoms with Crippen molar-refractivity contribution in [1.82, 2.24) is 15.1 Å². The third kappa shape index (κ3) is 2.53. The average molecular weight is 270 g/mol. The normalized spacial score (nSPS) is 15.8. The fourth-order valence-corrected chi connectivity index (χ4v) is 2.04. The lowest BCUT2D eigenvalue weighted by molar-refractivity contribution is 0.0385. The summed E-state index contributed by atoms with van der Waals surface area (Å²) in [7, 11) is 0. The summed E-state index contributed by atoms with van der Waals surface area (Å²) >= 11 is 0. The molecule has 102 valence electrons. The van der Waals surface area contributed by atoms with E-state index in [4.69, 9.17) is 14.5 Å². The van der Waals surface area contributed by atoms with Crippen LogP contribution in [0.1, 0.15) is 37.3 Å². The highest BCUT2D eigenvalue weighted by molar-refractivity contribution is 5.47. The average Bonchev–Trinajstić information content (AvgIpc) is 3.21. The first-order valence-electron chi connectivity index (χ1n) is 6.63. The molecule has 0 radical (unpaired) electrons. The number of nitriles is 1. The van der Waals surface area contributed by atoms with Crippen LogP contribution >= 0.6 is 0 Å². The molecular formula is C14H14N4O2. The van der Waals surface area contributed by atoms with E-state index in [0.717, 1.165) is 12.8 Å². The Bertz CT molecular complexity index is 625. The van der Waals surface area contributed by atoms with Gasteiger partial charge >= 0.3 is 0 Å². The van der Waals surface area contributed by atoms with E-state index in [1.54, 1.807) is 12.1 Å². The van der Waals surface area contributed by atoms with Gasteiger partial charge in [-0.1, -0.05) is 5.16 Å². The van der Waals surface area contributed by atoms with Crippen LogP contribution in [0, 0.1) is 17.2 Å². The number of aromatic nitrogens is 3. The molecule has 1 fully saturated rings. The van der Waals surface area contributed by atoms with E-state index in [1.807, 2.05) is 13.0 Å². The van der Waals surface area contributed by atoms with Crippen molar-refractivity contribution >= 4 is 0 Å². The first kappa shape index (κ1) is 12.8. The molecule has 2 aromatic rings. The number of hydrogen-bond acceptors (Lipinski definition) is 6. The molecule has 1 unspecified atom stereocenters. The van der Waals surface area contributed by atoms with Crippen LogP contribution in [0.15, 0.2) is 22.9 Å². The molecule has 0 aromatic carbocycles. The van der Waals surface area contributed by atoms with E-state index in [0.29, 0.717) is 35.5 Å². The van der Waals surface area contributed by atoms with Gasteiger partial charge in [-0.25, -0.2) is 4.98 Å². The fraction of sp³-hybridized carbons (Fsp3) is 0.429. The second kappa shape index (κ2) is 5.39. The molecule has 2 aromatic heterocycles. The maximum Gasteiger partial charge on any atom is 0.276 e. The van der Waals surface area contributed by atoms with Gasteiger partial charge in [0, 0.05) is 12.8 Å². The summed E-state index contributed by atoms with van der Waals surface area (Å²) in [5.74, 6) is 1.43. The Morgan fingerprint density at radius 3 is 2.95 bits per heavy atom. The van der Waals surface area contributed by atoms with Gasteiger partial charge in [-0.05, 0) is 37.8 Å². The van der Waals surface area contributed by atoms with Crippen LogP contribution < -0.4 is 0 Å². The molecule has 1 atom stereocenters. The van der Waals surface area contributed by atoms with Crippen LogP contribution in [0.3, 0.4) is 0 Å². The van der Waals surface area contributed by atoms with E-state index in [9.17, 15) is 0 Å². The van der Waals surface area contributed by atoms with Crippen molar-refractivity contribution in [3.05, 3.63) is 29.7 Å². The SMILES string of the molecule is CCOC(c1noc(-c2ccc(C#N)cn2)n1)C1CC1. The Hall–Kier alpha value is -2.26. The molecule has 0 aliphatic heterocycles. The molecule has 1 aliphatic carbocycles. The standard InChI is InChI=1S/C14H14N4O2/c1-2-19-12(10-4-5-10)13-17-14(20-18-13)11-6-3-9(7-15)8-16-11/h3,6,8,10,12H,2,4-5H2,1H3. The third-order valence-corrected chi connectivity index (χ3v) is 3.20. The van der Waals surface area contributed by atoms with Crippen molar-refractivity contribution < 1.29 is 9.26 Å². The Morgan fingerprint density at radius 1 is 1.50 bits per heavy atom. The number of rotatable bonds is 5. The maximum atomic E-state index is 8.75. The number of ether oxygens (including phenoxy) is 1. The molecule has 6 nitrogen and oxygen atoms in total. The molecule has 0 bridgehead atoms. The predicted molar refractivity (Wildman–Crippen MR) is 69.3 cm³/mol. The molecular weight excluding hydrogens is 256 g/mol. The molecule has 3 rings (SSSR count). The summed E-state index contributed by atoms with van der Waals surface area (Å²) in [4.78, 5) is 8.51. The van der Waals surface area contributed by atoms with Crippen LogP contribution in [0.2, 0.25) is 0 Å². The van der Waals surface area contributed by atoms with Crippen molar-refractivity contribution in [3.63, 3.8) is 0 Å². The van der Waals surface area contributed by atoms with Crippen molar-refractivity contribution in [3.8, 4) is 17.7 Å². The van der Waals surface area contributed by atoms with E-state index in [-0.39, 0.29) is 6.10 Å². The maximum absolute atomic E-state index is 8.75. The van der Waals surface area contributed by atoms with Crippen molar-refractivity contribution in [2.45, 2.75) is 25.9 Å². The number of nitrogens with zero attached hydrogens (tertiary/aromatic N) is 4. The summed E-state index contributed by atoms with van der Waals surface area (Å²) in [6, 6.07) is 5.39. The Labute approximate surface area is 116 Å². The highest BCUT2D eigenvalue weighted by atomic mass is 16.5. The predicted octanol–water partition coefficient (Wildman–Crippen LogP) is 2.49. The quantitative estimate of drug-likeness (QED) is 0.829. The topological polar surface area (TPSA) is 84.8 Å². The van der Waals surface area contributed by atoms with Gasteiger partial charge in [-0.15, -0.1) is 0 Å². The van der Waals surface area contributed by atoms with Gasteiger partial charge < -0.3 is 9.26 Å². The summed E-state index contributed by atoms with van der Waals surface area (Å²) in [6.07, 6.45) is 3.68. The minimum Gasteiger partial charge on any atom is -0.370 e. The smallest absolute Gasteiger partial charge is 0.276 e. The zero-order valence-electron chi connectivity index (χ0n) is 11.1. The molecule has 2 heterocycles. The first-order valence-corrected chi connectivity index (χ1v) is 6.63. The highest BCUT2D eigenvalue weighted by Gasteiger charge is 2.36. The lowest BCUT2D eigenvalue weighted by Crippen LogP contribution is -2.08. The molecule has 1 aliphatic rings. The fourth-order valence-electron chi connectivity index (χ4n) is 2.04. The van der Waals surface area contributed by atoms with Crippen molar-refractivity contribution in [1.29, 1.82) is 5.26 Å². The zero-order valence-corrected chi connectivity index (χ0v) is 11.1. The van der Waals surface area contributed by atoms with Gasteiger partial charge in [0.25, 0.3) is 5.89 Å².